The third kappa shape index (κ3) is 1.57. The smallest absolute Gasteiger partial charge is 0.0788 e. The zero-order chi connectivity index (χ0) is 7.40. The maximum absolute atomic E-state index is 4.05. The second kappa shape index (κ2) is 3.37. The van der Waals surface area contributed by atoms with Crippen LogP contribution < -0.4 is 5.32 Å². The van der Waals surface area contributed by atoms with Gasteiger partial charge in [-0.2, -0.15) is 5.10 Å². The summed E-state index contributed by atoms with van der Waals surface area (Å²) in [5.41, 5.74) is 1.07. The van der Waals surface area contributed by atoms with E-state index in [1.807, 2.05) is 12.3 Å². The zero-order valence-electron chi connectivity index (χ0n) is 6.39. The van der Waals surface area contributed by atoms with Crippen LogP contribution in [0.15, 0.2) is 12.3 Å². The van der Waals surface area contributed by atoms with Gasteiger partial charge in [-0.05, 0) is 19.5 Å². The van der Waals surface area contributed by atoms with Crippen LogP contribution in [0, 0.1) is 0 Å². The molecule has 2 N–H and O–H groups in total. The van der Waals surface area contributed by atoms with Crippen molar-refractivity contribution in [3.8, 4) is 0 Å². The van der Waals surface area contributed by atoms with Crippen LogP contribution in [0.2, 0.25) is 0 Å². The Kier molecular flexibility index (Phi) is 2.45. The lowest BCUT2D eigenvalue weighted by atomic mass is 10.2. The average molecular weight is 139 g/mol. The number of aromatic nitrogens is 2. The summed E-state index contributed by atoms with van der Waals surface area (Å²) in [6.45, 7) is 5.16. The van der Waals surface area contributed by atoms with Crippen molar-refractivity contribution in [1.29, 1.82) is 0 Å². The normalized spacial score (nSPS) is 13.4. The molecule has 0 aliphatic rings. The molecule has 1 atom stereocenters. The summed E-state index contributed by atoms with van der Waals surface area (Å²) in [5.74, 6) is 0. The van der Waals surface area contributed by atoms with Gasteiger partial charge >= 0.3 is 0 Å². The molecule has 0 amide bonds. The molecule has 0 aliphatic carbocycles. The van der Waals surface area contributed by atoms with Crippen molar-refractivity contribution in [2.24, 2.45) is 0 Å². The number of hydrogen-bond donors (Lipinski definition) is 2. The Hall–Kier alpha value is -0.830. The summed E-state index contributed by atoms with van der Waals surface area (Å²) in [4.78, 5) is 0. The standard InChI is InChI=1S/C7H13N3/c1-3-8-6(2)7-4-5-9-10-7/h4-6,8H,3H2,1-2H3,(H,9,10). The van der Waals surface area contributed by atoms with Crippen LogP contribution in [0.25, 0.3) is 0 Å². The van der Waals surface area contributed by atoms with Gasteiger partial charge in [-0.3, -0.25) is 5.10 Å². The summed E-state index contributed by atoms with van der Waals surface area (Å²) < 4.78 is 0. The van der Waals surface area contributed by atoms with Gasteiger partial charge in [0.2, 0.25) is 0 Å². The molecule has 0 bridgehead atoms. The number of nitrogens with zero attached hydrogens (tertiary/aromatic N) is 1. The molecular formula is C7H13N3. The molecule has 3 heteroatoms. The second-order valence-electron chi connectivity index (χ2n) is 2.28. The van der Waals surface area contributed by atoms with E-state index in [1.165, 1.54) is 0 Å². The molecule has 0 aromatic carbocycles. The summed E-state index contributed by atoms with van der Waals surface area (Å²) in [6.07, 6.45) is 1.84. The third-order valence-electron chi connectivity index (χ3n) is 1.48. The fourth-order valence-electron chi connectivity index (χ4n) is 0.924. The van der Waals surface area contributed by atoms with Gasteiger partial charge in [0, 0.05) is 12.2 Å². The van der Waals surface area contributed by atoms with Crippen LogP contribution >= 0.6 is 0 Å². The molecule has 0 spiro atoms. The molecule has 0 saturated heterocycles. The minimum atomic E-state index is 0.358. The molecule has 1 aromatic heterocycles. The number of rotatable bonds is 3. The molecule has 0 aliphatic heterocycles. The van der Waals surface area contributed by atoms with E-state index < -0.39 is 0 Å². The molecule has 0 saturated carbocycles. The summed E-state index contributed by atoms with van der Waals surface area (Å²) in [6, 6.07) is 2.34. The van der Waals surface area contributed by atoms with Gasteiger partial charge in [0.15, 0.2) is 0 Å². The van der Waals surface area contributed by atoms with Gasteiger partial charge in [-0.15, -0.1) is 0 Å². The average Bonchev–Trinajstić information content (AvgIpc) is 2.38. The molecule has 0 radical (unpaired) electrons. The summed E-state index contributed by atoms with van der Waals surface area (Å²) in [7, 11) is 0. The molecular weight excluding hydrogens is 126 g/mol. The Labute approximate surface area is 60.8 Å². The van der Waals surface area contributed by atoms with Crippen LogP contribution in [0.1, 0.15) is 25.6 Å². The maximum atomic E-state index is 4.05. The fourth-order valence-corrected chi connectivity index (χ4v) is 0.924. The van der Waals surface area contributed by atoms with Crippen molar-refractivity contribution in [1.82, 2.24) is 15.5 Å². The Morgan fingerprint density at radius 1 is 1.80 bits per heavy atom. The first-order chi connectivity index (χ1) is 4.84. The fraction of sp³-hybridized carbons (Fsp3) is 0.571. The Bertz CT molecular complexity index is 169. The zero-order valence-corrected chi connectivity index (χ0v) is 6.39. The molecule has 56 valence electrons. The van der Waals surface area contributed by atoms with Crippen molar-refractivity contribution < 1.29 is 0 Å². The Morgan fingerprint density at radius 2 is 2.60 bits per heavy atom. The monoisotopic (exact) mass is 139 g/mol. The quantitative estimate of drug-likeness (QED) is 0.658. The van der Waals surface area contributed by atoms with E-state index >= 15 is 0 Å². The second-order valence-corrected chi connectivity index (χ2v) is 2.28. The minimum Gasteiger partial charge on any atom is -0.309 e. The maximum Gasteiger partial charge on any atom is 0.0788 e. The van der Waals surface area contributed by atoms with Crippen LogP contribution in [-0.2, 0) is 0 Å². The SMILES string of the molecule is CCNC(C)c1cc[nH]n1. The van der Waals surface area contributed by atoms with Crippen molar-refractivity contribution in [2.45, 2.75) is 19.9 Å². The molecule has 1 unspecified atom stereocenters. The van der Waals surface area contributed by atoms with E-state index in [2.05, 4.69) is 29.4 Å². The lowest BCUT2D eigenvalue weighted by Gasteiger charge is -2.07. The number of hydrogen-bond acceptors (Lipinski definition) is 2. The first-order valence-electron chi connectivity index (χ1n) is 3.57. The van der Waals surface area contributed by atoms with Gasteiger partial charge < -0.3 is 5.32 Å². The van der Waals surface area contributed by atoms with Crippen LogP contribution in [-0.4, -0.2) is 16.7 Å². The van der Waals surface area contributed by atoms with Crippen LogP contribution in [0.5, 0.6) is 0 Å². The van der Waals surface area contributed by atoms with E-state index in [9.17, 15) is 0 Å². The van der Waals surface area contributed by atoms with Gasteiger partial charge in [0.25, 0.3) is 0 Å². The van der Waals surface area contributed by atoms with Crippen molar-refractivity contribution >= 4 is 0 Å². The van der Waals surface area contributed by atoms with Crippen molar-refractivity contribution in [2.75, 3.05) is 6.54 Å². The summed E-state index contributed by atoms with van der Waals surface area (Å²) in [5, 5.41) is 10.1. The number of H-pyrrole nitrogens is 1. The number of aromatic amines is 1. The van der Waals surface area contributed by atoms with Gasteiger partial charge in [-0.1, -0.05) is 6.92 Å². The molecule has 3 nitrogen and oxygen atoms in total. The lowest BCUT2D eigenvalue weighted by Crippen LogP contribution is -2.17. The first kappa shape index (κ1) is 7.28. The molecule has 1 heterocycles. The highest BCUT2D eigenvalue weighted by atomic mass is 15.1. The molecule has 1 aromatic rings. The minimum absolute atomic E-state index is 0.358. The lowest BCUT2D eigenvalue weighted by molar-refractivity contribution is 0.582. The Morgan fingerprint density at radius 3 is 3.10 bits per heavy atom. The van der Waals surface area contributed by atoms with Crippen molar-refractivity contribution in [3.63, 3.8) is 0 Å². The molecule has 10 heavy (non-hydrogen) atoms. The Balaban J connectivity index is 2.50. The van der Waals surface area contributed by atoms with Crippen LogP contribution in [0.4, 0.5) is 0 Å². The van der Waals surface area contributed by atoms with Crippen molar-refractivity contribution in [3.05, 3.63) is 18.0 Å². The number of nitrogens with one attached hydrogen (secondary N) is 2. The van der Waals surface area contributed by atoms with E-state index in [-0.39, 0.29) is 0 Å². The largest absolute Gasteiger partial charge is 0.309 e. The highest BCUT2D eigenvalue weighted by Gasteiger charge is 2.03. The van der Waals surface area contributed by atoms with Gasteiger partial charge in [-0.25, -0.2) is 0 Å². The third-order valence-corrected chi connectivity index (χ3v) is 1.48. The van der Waals surface area contributed by atoms with E-state index in [0.717, 1.165) is 12.2 Å². The van der Waals surface area contributed by atoms with E-state index in [1.54, 1.807) is 0 Å². The highest BCUT2D eigenvalue weighted by molar-refractivity contribution is 5.02. The van der Waals surface area contributed by atoms with Crippen LogP contribution in [0.3, 0.4) is 0 Å². The molecule has 1 rings (SSSR count). The van der Waals surface area contributed by atoms with Gasteiger partial charge in [0.1, 0.15) is 0 Å². The van der Waals surface area contributed by atoms with E-state index in [0.29, 0.717) is 6.04 Å². The first-order valence-corrected chi connectivity index (χ1v) is 3.57. The molecule has 0 fully saturated rings. The highest BCUT2D eigenvalue weighted by Crippen LogP contribution is 2.05. The summed E-state index contributed by atoms with van der Waals surface area (Å²) >= 11 is 0. The predicted molar refractivity (Wildman–Crippen MR) is 40.7 cm³/mol. The topological polar surface area (TPSA) is 40.7 Å². The van der Waals surface area contributed by atoms with Gasteiger partial charge in [0.05, 0.1) is 5.69 Å². The van der Waals surface area contributed by atoms with E-state index in [4.69, 9.17) is 0 Å². The predicted octanol–water partition coefficient (Wildman–Crippen LogP) is 1.08.